The number of fused-ring (bicyclic) bond motifs is 1. The summed E-state index contributed by atoms with van der Waals surface area (Å²) < 4.78 is 0. The van der Waals surface area contributed by atoms with Crippen LogP contribution in [0.25, 0.3) is 0 Å². The second-order valence-electron chi connectivity index (χ2n) is 6.19. The van der Waals surface area contributed by atoms with Crippen molar-refractivity contribution in [2.24, 2.45) is 11.1 Å². The molecule has 0 spiro atoms. The predicted molar refractivity (Wildman–Crippen MR) is 89.7 cm³/mol. The molecule has 0 radical (unpaired) electrons. The van der Waals surface area contributed by atoms with E-state index in [1.807, 2.05) is 12.4 Å². The van der Waals surface area contributed by atoms with Crippen LogP contribution in [0.3, 0.4) is 0 Å². The van der Waals surface area contributed by atoms with Gasteiger partial charge < -0.3 is 9.74 Å². The van der Waals surface area contributed by atoms with Crippen molar-refractivity contribution >= 4 is 11.7 Å². The maximum atomic E-state index is 5.69. The zero-order chi connectivity index (χ0) is 15.8. The van der Waals surface area contributed by atoms with Crippen molar-refractivity contribution in [1.82, 2.24) is 9.97 Å². The van der Waals surface area contributed by atoms with E-state index in [-0.39, 0.29) is 12.0 Å². The molecule has 1 fully saturated rings. The largest absolute Gasteiger partial charge is 0.390 e. The molecule has 2 aromatic rings. The number of benzene rings is 1. The number of aryl methyl sites for hydroxylation is 2. The van der Waals surface area contributed by atoms with Crippen molar-refractivity contribution < 1.29 is 4.84 Å². The third kappa shape index (κ3) is 2.46. The van der Waals surface area contributed by atoms with E-state index in [0.717, 1.165) is 36.7 Å². The second kappa shape index (κ2) is 5.65. The average Bonchev–Trinajstić information content (AvgIpc) is 3.16. The van der Waals surface area contributed by atoms with Crippen molar-refractivity contribution in [2.45, 2.75) is 26.4 Å². The summed E-state index contributed by atoms with van der Waals surface area (Å²) in [4.78, 5) is 16.9. The number of hydrogen-bond acceptors (Lipinski definition) is 5. The monoisotopic (exact) mass is 308 g/mol. The van der Waals surface area contributed by atoms with Crippen LogP contribution in [-0.4, -0.2) is 34.9 Å². The number of oxime groups is 1. The van der Waals surface area contributed by atoms with Gasteiger partial charge in [0.2, 0.25) is 5.95 Å². The molecule has 0 bridgehead atoms. The molecule has 2 atom stereocenters. The summed E-state index contributed by atoms with van der Waals surface area (Å²) in [5.74, 6) is 1.06. The molecule has 1 aromatic carbocycles. The molecule has 1 aromatic heterocycles. The van der Waals surface area contributed by atoms with Gasteiger partial charge in [-0.3, -0.25) is 0 Å². The molecule has 23 heavy (non-hydrogen) atoms. The molecular weight excluding hydrogens is 288 g/mol. The Kier molecular flexibility index (Phi) is 3.48. The Morgan fingerprint density at radius 2 is 1.96 bits per heavy atom. The highest BCUT2D eigenvalue weighted by Crippen LogP contribution is 2.32. The van der Waals surface area contributed by atoms with E-state index in [4.69, 9.17) is 4.84 Å². The van der Waals surface area contributed by atoms with Gasteiger partial charge in [-0.25, -0.2) is 9.97 Å². The van der Waals surface area contributed by atoms with Crippen molar-refractivity contribution in [3.63, 3.8) is 0 Å². The lowest BCUT2D eigenvalue weighted by Crippen LogP contribution is -2.25. The SMILES string of the molecule is CCc1cnc(N2CC3ON=C(c4ccccc4C)C3C2)nc1. The summed E-state index contributed by atoms with van der Waals surface area (Å²) in [7, 11) is 0. The average molecular weight is 308 g/mol. The molecule has 0 saturated carbocycles. The summed E-state index contributed by atoms with van der Waals surface area (Å²) in [5, 5.41) is 4.36. The first-order valence-corrected chi connectivity index (χ1v) is 8.12. The van der Waals surface area contributed by atoms with Crippen LogP contribution >= 0.6 is 0 Å². The lowest BCUT2D eigenvalue weighted by molar-refractivity contribution is 0.0853. The molecule has 2 aliphatic heterocycles. The van der Waals surface area contributed by atoms with Crippen LogP contribution in [0.1, 0.15) is 23.6 Å². The van der Waals surface area contributed by atoms with E-state index in [1.165, 1.54) is 11.1 Å². The minimum absolute atomic E-state index is 0.0963. The molecule has 0 N–H and O–H groups in total. The van der Waals surface area contributed by atoms with Gasteiger partial charge in [0.1, 0.15) is 0 Å². The van der Waals surface area contributed by atoms with Gasteiger partial charge in [-0.1, -0.05) is 36.3 Å². The summed E-state index contributed by atoms with van der Waals surface area (Å²) in [5.41, 5.74) is 4.63. The van der Waals surface area contributed by atoms with Crippen LogP contribution in [0.5, 0.6) is 0 Å². The van der Waals surface area contributed by atoms with Crippen LogP contribution in [0.2, 0.25) is 0 Å². The number of aromatic nitrogens is 2. The quantitative estimate of drug-likeness (QED) is 0.874. The third-order valence-corrected chi connectivity index (χ3v) is 4.71. The summed E-state index contributed by atoms with van der Waals surface area (Å²) in [6, 6.07) is 8.34. The normalized spacial score (nSPS) is 22.7. The van der Waals surface area contributed by atoms with Crippen LogP contribution in [-0.2, 0) is 11.3 Å². The first-order valence-electron chi connectivity index (χ1n) is 8.12. The van der Waals surface area contributed by atoms with Gasteiger partial charge in [0, 0.05) is 24.5 Å². The Bertz CT molecular complexity index is 741. The number of nitrogens with zero attached hydrogens (tertiary/aromatic N) is 4. The fraction of sp³-hybridized carbons (Fsp3) is 0.389. The predicted octanol–water partition coefficient (Wildman–Crippen LogP) is 2.59. The first kappa shape index (κ1) is 14.2. The van der Waals surface area contributed by atoms with Crippen LogP contribution in [0.15, 0.2) is 41.8 Å². The summed E-state index contributed by atoms with van der Waals surface area (Å²) in [6.07, 6.45) is 4.87. The molecule has 5 heteroatoms. The van der Waals surface area contributed by atoms with Gasteiger partial charge in [-0.2, -0.15) is 0 Å². The lowest BCUT2D eigenvalue weighted by Gasteiger charge is -2.16. The standard InChI is InChI=1S/C18H20N4O/c1-3-13-8-19-18(20-9-13)22-10-15-16(11-22)23-21-17(15)14-7-5-4-6-12(14)2/h4-9,15-16H,3,10-11H2,1-2H3. The van der Waals surface area contributed by atoms with E-state index < -0.39 is 0 Å². The van der Waals surface area contributed by atoms with E-state index in [9.17, 15) is 0 Å². The maximum absolute atomic E-state index is 5.69. The summed E-state index contributed by atoms with van der Waals surface area (Å²) >= 11 is 0. The summed E-state index contributed by atoms with van der Waals surface area (Å²) in [6.45, 7) is 5.86. The van der Waals surface area contributed by atoms with E-state index in [1.54, 1.807) is 0 Å². The highest BCUT2D eigenvalue weighted by molar-refractivity contribution is 6.04. The minimum atomic E-state index is 0.0963. The Morgan fingerprint density at radius 1 is 1.17 bits per heavy atom. The van der Waals surface area contributed by atoms with Crippen LogP contribution in [0.4, 0.5) is 5.95 Å². The first-order chi connectivity index (χ1) is 11.3. The number of rotatable bonds is 3. The van der Waals surface area contributed by atoms with Crippen LogP contribution in [0, 0.1) is 12.8 Å². The topological polar surface area (TPSA) is 50.6 Å². The van der Waals surface area contributed by atoms with Crippen molar-refractivity contribution in [3.05, 3.63) is 53.3 Å². The smallest absolute Gasteiger partial charge is 0.225 e. The van der Waals surface area contributed by atoms with Gasteiger partial charge in [-0.05, 0) is 24.5 Å². The van der Waals surface area contributed by atoms with Gasteiger partial charge in [0.15, 0.2) is 6.10 Å². The Labute approximate surface area is 136 Å². The molecule has 5 nitrogen and oxygen atoms in total. The highest BCUT2D eigenvalue weighted by atomic mass is 16.6. The zero-order valence-electron chi connectivity index (χ0n) is 13.4. The Hall–Kier alpha value is -2.43. The zero-order valence-corrected chi connectivity index (χ0v) is 13.4. The van der Waals surface area contributed by atoms with E-state index in [2.05, 4.69) is 58.1 Å². The van der Waals surface area contributed by atoms with Gasteiger partial charge in [-0.15, -0.1) is 0 Å². The second-order valence-corrected chi connectivity index (χ2v) is 6.19. The molecular formula is C18H20N4O. The maximum Gasteiger partial charge on any atom is 0.225 e. The number of hydrogen-bond donors (Lipinski definition) is 0. The molecule has 0 aliphatic carbocycles. The highest BCUT2D eigenvalue weighted by Gasteiger charge is 2.43. The third-order valence-electron chi connectivity index (χ3n) is 4.71. The molecule has 0 amide bonds. The fourth-order valence-corrected chi connectivity index (χ4v) is 3.30. The van der Waals surface area contributed by atoms with Gasteiger partial charge in [0.05, 0.1) is 18.2 Å². The molecule has 2 aliphatic rings. The molecule has 1 saturated heterocycles. The number of anilines is 1. The van der Waals surface area contributed by atoms with E-state index in [0.29, 0.717) is 0 Å². The van der Waals surface area contributed by atoms with Gasteiger partial charge >= 0.3 is 0 Å². The molecule has 2 unspecified atom stereocenters. The molecule has 118 valence electrons. The van der Waals surface area contributed by atoms with Crippen molar-refractivity contribution in [2.75, 3.05) is 18.0 Å². The van der Waals surface area contributed by atoms with Gasteiger partial charge in [0.25, 0.3) is 0 Å². The molecule has 3 heterocycles. The van der Waals surface area contributed by atoms with Crippen molar-refractivity contribution in [1.29, 1.82) is 0 Å². The Balaban J connectivity index is 1.56. The van der Waals surface area contributed by atoms with Crippen molar-refractivity contribution in [3.8, 4) is 0 Å². The minimum Gasteiger partial charge on any atom is -0.390 e. The van der Waals surface area contributed by atoms with E-state index >= 15 is 0 Å². The molecule has 4 rings (SSSR count). The Morgan fingerprint density at radius 3 is 2.70 bits per heavy atom. The fourth-order valence-electron chi connectivity index (χ4n) is 3.30. The lowest BCUT2D eigenvalue weighted by atomic mass is 9.92. The van der Waals surface area contributed by atoms with Crippen LogP contribution < -0.4 is 4.90 Å².